The lowest BCUT2D eigenvalue weighted by Gasteiger charge is -2.20. The van der Waals surface area contributed by atoms with Crippen molar-refractivity contribution in [2.75, 3.05) is 25.0 Å². The first-order valence-corrected chi connectivity index (χ1v) is 13.0. The topological polar surface area (TPSA) is 75.7 Å². The molecular weight excluding hydrogens is 468 g/mol. The number of ether oxygens (including phenoxy) is 1. The standard InChI is InChI=1S/C26H26N2O4S2/c1-18-15-22(10-11-23(18)32-3)34(30,31)28(2)21-9-12-24-20(16-21)17-25(33-24)26(29)27-14-13-19-7-5-4-6-8-19/h4-12,15-17H,13-14H2,1-3H3,(H,27,29). The van der Waals surface area contributed by atoms with Gasteiger partial charge in [0.15, 0.2) is 0 Å². The summed E-state index contributed by atoms with van der Waals surface area (Å²) in [5, 5.41) is 3.78. The number of hydrogen-bond acceptors (Lipinski definition) is 5. The van der Waals surface area contributed by atoms with E-state index in [1.807, 2.05) is 43.3 Å². The van der Waals surface area contributed by atoms with Crippen molar-refractivity contribution < 1.29 is 17.9 Å². The van der Waals surface area contributed by atoms with E-state index in [0.29, 0.717) is 22.9 Å². The molecule has 0 spiro atoms. The van der Waals surface area contributed by atoms with Gasteiger partial charge in [-0.05, 0) is 72.3 Å². The van der Waals surface area contributed by atoms with Crippen LogP contribution in [0.5, 0.6) is 5.75 Å². The Bertz CT molecular complexity index is 1430. The molecule has 0 radical (unpaired) electrons. The highest BCUT2D eigenvalue weighted by Gasteiger charge is 2.23. The normalized spacial score (nSPS) is 11.4. The number of aryl methyl sites for hydroxylation is 1. The lowest BCUT2D eigenvalue weighted by atomic mass is 10.1. The number of sulfonamides is 1. The number of nitrogens with zero attached hydrogens (tertiary/aromatic N) is 1. The number of thiophene rings is 1. The van der Waals surface area contributed by atoms with Gasteiger partial charge in [0.25, 0.3) is 15.9 Å². The average Bonchev–Trinajstić information content (AvgIpc) is 3.27. The zero-order chi connectivity index (χ0) is 24.3. The first-order chi connectivity index (χ1) is 16.3. The molecule has 34 heavy (non-hydrogen) atoms. The molecule has 0 atom stereocenters. The van der Waals surface area contributed by atoms with E-state index in [1.165, 1.54) is 28.3 Å². The van der Waals surface area contributed by atoms with Crippen LogP contribution in [0, 0.1) is 6.92 Å². The van der Waals surface area contributed by atoms with Gasteiger partial charge < -0.3 is 10.1 Å². The number of fused-ring (bicyclic) bond motifs is 1. The van der Waals surface area contributed by atoms with E-state index in [4.69, 9.17) is 4.74 Å². The van der Waals surface area contributed by atoms with Gasteiger partial charge in [0.1, 0.15) is 5.75 Å². The Morgan fingerprint density at radius 3 is 2.50 bits per heavy atom. The van der Waals surface area contributed by atoms with Gasteiger partial charge in [0.2, 0.25) is 0 Å². The number of benzene rings is 3. The summed E-state index contributed by atoms with van der Waals surface area (Å²) >= 11 is 1.39. The monoisotopic (exact) mass is 494 g/mol. The smallest absolute Gasteiger partial charge is 0.264 e. The van der Waals surface area contributed by atoms with Crippen molar-refractivity contribution in [3.63, 3.8) is 0 Å². The Labute approximate surface area is 203 Å². The summed E-state index contributed by atoms with van der Waals surface area (Å²) in [6, 6.07) is 22.0. The van der Waals surface area contributed by atoms with Crippen molar-refractivity contribution in [2.24, 2.45) is 0 Å². The molecule has 1 aromatic heterocycles. The number of hydrogen-bond donors (Lipinski definition) is 1. The van der Waals surface area contributed by atoms with Gasteiger partial charge in [0.05, 0.1) is 22.6 Å². The Morgan fingerprint density at radius 2 is 1.79 bits per heavy atom. The van der Waals surface area contributed by atoms with Crippen LogP contribution in [0.25, 0.3) is 10.1 Å². The SMILES string of the molecule is COc1ccc(S(=O)(=O)N(C)c2ccc3sc(C(=O)NCCc4ccccc4)cc3c2)cc1C. The van der Waals surface area contributed by atoms with E-state index in [9.17, 15) is 13.2 Å². The molecule has 176 valence electrons. The fraction of sp³-hybridized carbons (Fsp3) is 0.192. The maximum atomic E-state index is 13.2. The van der Waals surface area contributed by atoms with E-state index >= 15 is 0 Å². The minimum Gasteiger partial charge on any atom is -0.496 e. The Morgan fingerprint density at radius 1 is 1.03 bits per heavy atom. The number of amides is 1. The predicted molar refractivity (Wildman–Crippen MR) is 138 cm³/mol. The van der Waals surface area contributed by atoms with Crippen molar-refractivity contribution in [3.8, 4) is 5.75 Å². The summed E-state index contributed by atoms with van der Waals surface area (Å²) in [6.45, 7) is 2.35. The molecule has 0 fully saturated rings. The van der Waals surface area contributed by atoms with Gasteiger partial charge >= 0.3 is 0 Å². The molecule has 0 unspecified atom stereocenters. The summed E-state index contributed by atoms with van der Waals surface area (Å²) < 4.78 is 33.8. The third kappa shape index (κ3) is 4.93. The Balaban J connectivity index is 1.51. The van der Waals surface area contributed by atoms with Crippen molar-refractivity contribution in [3.05, 3.63) is 88.8 Å². The summed E-state index contributed by atoms with van der Waals surface area (Å²) in [5.41, 5.74) is 2.43. The van der Waals surface area contributed by atoms with Gasteiger partial charge in [0, 0.05) is 18.3 Å². The molecule has 6 nitrogen and oxygen atoms in total. The number of carbonyl (C=O) groups is 1. The van der Waals surface area contributed by atoms with Crippen LogP contribution in [0.3, 0.4) is 0 Å². The number of methoxy groups -OCH3 is 1. The number of anilines is 1. The minimum atomic E-state index is -3.75. The van der Waals surface area contributed by atoms with Crippen molar-refractivity contribution in [1.29, 1.82) is 0 Å². The maximum absolute atomic E-state index is 13.2. The van der Waals surface area contributed by atoms with E-state index in [0.717, 1.165) is 22.1 Å². The van der Waals surface area contributed by atoms with Gasteiger partial charge in [-0.3, -0.25) is 9.10 Å². The molecular formula is C26H26N2O4S2. The van der Waals surface area contributed by atoms with Crippen molar-refractivity contribution in [2.45, 2.75) is 18.2 Å². The van der Waals surface area contributed by atoms with Crippen LogP contribution in [-0.2, 0) is 16.4 Å². The predicted octanol–water partition coefficient (Wildman–Crippen LogP) is 5.02. The van der Waals surface area contributed by atoms with E-state index in [-0.39, 0.29) is 10.8 Å². The lowest BCUT2D eigenvalue weighted by molar-refractivity contribution is 0.0958. The molecule has 0 aliphatic rings. The van der Waals surface area contributed by atoms with Gasteiger partial charge in [-0.25, -0.2) is 8.42 Å². The summed E-state index contributed by atoms with van der Waals surface area (Å²) in [6.07, 6.45) is 0.759. The van der Waals surface area contributed by atoms with Crippen LogP contribution in [0.4, 0.5) is 5.69 Å². The molecule has 0 aliphatic carbocycles. The lowest BCUT2D eigenvalue weighted by Crippen LogP contribution is -2.26. The molecule has 0 saturated carbocycles. The minimum absolute atomic E-state index is 0.131. The van der Waals surface area contributed by atoms with E-state index in [2.05, 4.69) is 5.32 Å². The van der Waals surface area contributed by atoms with Crippen LogP contribution < -0.4 is 14.4 Å². The molecule has 0 aliphatic heterocycles. The highest BCUT2D eigenvalue weighted by atomic mass is 32.2. The van der Waals surface area contributed by atoms with E-state index in [1.54, 1.807) is 43.5 Å². The van der Waals surface area contributed by atoms with E-state index < -0.39 is 10.0 Å². The molecule has 1 N–H and O–H groups in total. The molecule has 8 heteroatoms. The Hall–Kier alpha value is -3.36. The van der Waals surface area contributed by atoms with Crippen molar-refractivity contribution >= 4 is 43.0 Å². The number of rotatable bonds is 8. The third-order valence-corrected chi connectivity index (χ3v) is 8.55. The van der Waals surface area contributed by atoms with Crippen LogP contribution in [0.15, 0.2) is 77.7 Å². The second-order valence-electron chi connectivity index (χ2n) is 7.93. The number of carbonyl (C=O) groups excluding carboxylic acids is 1. The molecule has 4 aromatic rings. The van der Waals surface area contributed by atoms with Crippen molar-refractivity contribution in [1.82, 2.24) is 5.32 Å². The second kappa shape index (κ2) is 9.87. The summed E-state index contributed by atoms with van der Waals surface area (Å²) in [5.74, 6) is 0.504. The van der Waals surface area contributed by atoms with Crippen LogP contribution in [0.1, 0.15) is 20.8 Å². The maximum Gasteiger partial charge on any atom is 0.264 e. The molecule has 4 rings (SSSR count). The van der Waals surface area contributed by atoms with Gasteiger partial charge in [-0.1, -0.05) is 30.3 Å². The highest BCUT2D eigenvalue weighted by Crippen LogP contribution is 2.32. The summed E-state index contributed by atoms with van der Waals surface area (Å²) in [4.78, 5) is 13.4. The zero-order valence-electron chi connectivity index (χ0n) is 19.2. The first-order valence-electron chi connectivity index (χ1n) is 10.8. The fourth-order valence-electron chi connectivity index (χ4n) is 3.70. The van der Waals surface area contributed by atoms with Gasteiger partial charge in [-0.2, -0.15) is 0 Å². The zero-order valence-corrected chi connectivity index (χ0v) is 20.9. The van der Waals surface area contributed by atoms with Gasteiger partial charge in [-0.15, -0.1) is 11.3 Å². The van der Waals surface area contributed by atoms with Crippen LogP contribution in [0.2, 0.25) is 0 Å². The molecule has 0 bridgehead atoms. The quantitative estimate of drug-likeness (QED) is 0.373. The Kier molecular flexibility index (Phi) is 6.90. The summed E-state index contributed by atoms with van der Waals surface area (Å²) in [7, 11) is -0.675. The molecule has 3 aromatic carbocycles. The largest absolute Gasteiger partial charge is 0.496 e. The van der Waals surface area contributed by atoms with Crippen LogP contribution in [-0.4, -0.2) is 35.0 Å². The molecule has 1 heterocycles. The van der Waals surface area contributed by atoms with Crippen LogP contribution >= 0.6 is 11.3 Å². The first kappa shape index (κ1) is 23.8. The molecule has 0 saturated heterocycles. The third-order valence-electron chi connectivity index (χ3n) is 5.65. The molecule has 1 amide bonds. The number of nitrogens with one attached hydrogen (secondary N) is 1. The second-order valence-corrected chi connectivity index (χ2v) is 11.0. The fourth-order valence-corrected chi connectivity index (χ4v) is 5.93. The average molecular weight is 495 g/mol. The highest BCUT2D eigenvalue weighted by molar-refractivity contribution is 7.92.